The van der Waals surface area contributed by atoms with E-state index in [4.69, 9.17) is 5.73 Å². The van der Waals surface area contributed by atoms with E-state index in [0.717, 1.165) is 12.1 Å². The molecule has 6 heteroatoms. The molecule has 0 spiro atoms. The van der Waals surface area contributed by atoms with Crippen LogP contribution < -0.4 is 10.5 Å². The first kappa shape index (κ1) is 17.5. The molecule has 1 aromatic carbocycles. The maximum absolute atomic E-state index is 12.9. The van der Waals surface area contributed by atoms with Crippen LogP contribution in [0.3, 0.4) is 0 Å². The van der Waals surface area contributed by atoms with Crippen molar-refractivity contribution in [3.8, 4) is 5.75 Å². The smallest absolute Gasteiger partial charge is 0.307 e. The number of nitro benzene ring substituents is 1. The summed E-state index contributed by atoms with van der Waals surface area (Å²) in [6.45, 7) is 8.00. The summed E-state index contributed by atoms with van der Waals surface area (Å²) in [6, 6.07) is 1.81. The first-order valence-corrected chi connectivity index (χ1v) is 5.33. The van der Waals surface area contributed by atoms with Crippen molar-refractivity contribution in [2.24, 2.45) is 0 Å². The van der Waals surface area contributed by atoms with Crippen LogP contribution in [0, 0.1) is 15.9 Å². The summed E-state index contributed by atoms with van der Waals surface area (Å²) in [4.78, 5) is 9.40. The van der Waals surface area contributed by atoms with Gasteiger partial charge in [0.2, 0.25) is 5.82 Å². The van der Waals surface area contributed by atoms with Crippen LogP contribution in [0.1, 0.15) is 27.7 Å². The molecule has 2 N–H and O–H groups in total. The van der Waals surface area contributed by atoms with Crippen molar-refractivity contribution >= 4 is 11.4 Å². The minimum Gasteiger partial charge on any atom is -0.494 e. The molecule has 0 radical (unpaired) electrons. The van der Waals surface area contributed by atoms with Crippen LogP contribution in [0.4, 0.5) is 15.8 Å². The summed E-state index contributed by atoms with van der Waals surface area (Å²) in [5.74, 6) is -0.876. The van der Waals surface area contributed by atoms with Gasteiger partial charge < -0.3 is 10.5 Å². The second-order valence-corrected chi connectivity index (χ2v) is 2.30. The number of nitrogens with zero attached hydrogens (tertiary/aromatic N) is 1. The zero-order chi connectivity index (χ0) is 14.0. The lowest BCUT2D eigenvalue weighted by molar-refractivity contribution is -0.387. The number of rotatable bonds is 2. The quantitative estimate of drug-likeness (QED) is 0.493. The zero-order valence-corrected chi connectivity index (χ0v) is 10.8. The standard InChI is InChI=1S/C7H7FN2O3.2C2H6/c1-13-7-2-4(8)6(10(11)12)3-5(7)9;2*1-2/h2-3H,9H2,1H3;2*1-2H3. The molecule has 1 rings (SSSR count). The first-order valence-electron chi connectivity index (χ1n) is 5.33. The lowest BCUT2D eigenvalue weighted by Gasteiger charge is -2.03. The van der Waals surface area contributed by atoms with Crippen molar-refractivity contribution in [1.82, 2.24) is 0 Å². The molecule has 0 aliphatic carbocycles. The maximum Gasteiger partial charge on any atom is 0.307 e. The Morgan fingerprint density at radius 3 is 2.12 bits per heavy atom. The van der Waals surface area contributed by atoms with Gasteiger partial charge >= 0.3 is 5.69 Å². The van der Waals surface area contributed by atoms with Gasteiger partial charge in [-0.25, -0.2) is 0 Å². The molecule has 0 amide bonds. The predicted octanol–water partition coefficient (Wildman–Crippen LogP) is 3.38. The molecule has 17 heavy (non-hydrogen) atoms. The number of nitrogens with two attached hydrogens (primary N) is 1. The maximum atomic E-state index is 12.9. The van der Waals surface area contributed by atoms with Gasteiger partial charge in [-0.05, 0) is 0 Å². The Bertz CT molecular complexity index is 357. The zero-order valence-electron chi connectivity index (χ0n) is 10.8. The molecule has 0 atom stereocenters. The first-order chi connectivity index (χ1) is 8.06. The third-order valence-corrected chi connectivity index (χ3v) is 1.50. The van der Waals surface area contributed by atoms with E-state index in [1.54, 1.807) is 0 Å². The Morgan fingerprint density at radius 2 is 1.76 bits per heavy atom. The molecular weight excluding hydrogens is 227 g/mol. The summed E-state index contributed by atoms with van der Waals surface area (Å²) in [5.41, 5.74) is 4.73. The molecule has 0 heterocycles. The SMILES string of the molecule is CC.CC.COc1cc(F)c([N+](=O)[O-])cc1N. The highest BCUT2D eigenvalue weighted by molar-refractivity contribution is 5.58. The third kappa shape index (κ3) is 5.14. The molecule has 0 aliphatic heterocycles. The summed E-state index contributed by atoms with van der Waals surface area (Å²) in [5, 5.41) is 10.2. The normalized spacial score (nSPS) is 8.12. The number of nitro groups is 1. The van der Waals surface area contributed by atoms with E-state index in [9.17, 15) is 14.5 Å². The number of benzene rings is 1. The minimum absolute atomic E-state index is 0.0376. The third-order valence-electron chi connectivity index (χ3n) is 1.50. The van der Waals surface area contributed by atoms with Crippen LogP contribution in [0.5, 0.6) is 5.75 Å². The van der Waals surface area contributed by atoms with E-state index < -0.39 is 16.4 Å². The highest BCUT2D eigenvalue weighted by atomic mass is 19.1. The summed E-state index contributed by atoms with van der Waals surface area (Å²) < 4.78 is 17.6. The van der Waals surface area contributed by atoms with E-state index >= 15 is 0 Å². The lowest BCUT2D eigenvalue weighted by Crippen LogP contribution is -1.98. The van der Waals surface area contributed by atoms with Gasteiger partial charge in [-0.3, -0.25) is 10.1 Å². The second-order valence-electron chi connectivity index (χ2n) is 2.30. The molecule has 1 aromatic rings. The summed E-state index contributed by atoms with van der Waals surface area (Å²) in [6.07, 6.45) is 0. The Kier molecular flexibility index (Phi) is 9.68. The van der Waals surface area contributed by atoms with Crippen LogP contribution in [0.15, 0.2) is 12.1 Å². The molecule has 0 aliphatic rings. The Balaban J connectivity index is 0. The second kappa shape index (κ2) is 9.38. The minimum atomic E-state index is -0.962. The van der Waals surface area contributed by atoms with E-state index in [1.807, 2.05) is 27.7 Å². The molecule has 0 saturated carbocycles. The molecule has 0 saturated heterocycles. The van der Waals surface area contributed by atoms with Crippen molar-refractivity contribution in [2.45, 2.75) is 27.7 Å². The Hall–Kier alpha value is -1.85. The number of nitrogen functional groups attached to an aromatic ring is 1. The number of halogens is 1. The van der Waals surface area contributed by atoms with E-state index in [-0.39, 0.29) is 11.4 Å². The summed E-state index contributed by atoms with van der Waals surface area (Å²) in [7, 11) is 1.30. The van der Waals surface area contributed by atoms with Gasteiger partial charge in [-0.1, -0.05) is 27.7 Å². The number of anilines is 1. The van der Waals surface area contributed by atoms with E-state index in [0.29, 0.717) is 0 Å². The Labute approximate surface area is 101 Å². The van der Waals surface area contributed by atoms with Crippen molar-refractivity contribution in [1.29, 1.82) is 0 Å². The lowest BCUT2D eigenvalue weighted by atomic mass is 10.2. The molecule has 98 valence electrons. The average molecular weight is 246 g/mol. The highest BCUT2D eigenvalue weighted by Gasteiger charge is 2.16. The van der Waals surface area contributed by atoms with Gasteiger partial charge in [0.25, 0.3) is 0 Å². The van der Waals surface area contributed by atoms with Gasteiger partial charge in [-0.2, -0.15) is 4.39 Å². The molecular formula is C11H19FN2O3. The van der Waals surface area contributed by atoms with Crippen LogP contribution >= 0.6 is 0 Å². The topological polar surface area (TPSA) is 78.4 Å². The van der Waals surface area contributed by atoms with Gasteiger partial charge in [-0.15, -0.1) is 0 Å². The highest BCUT2D eigenvalue weighted by Crippen LogP contribution is 2.28. The number of hydrogen-bond donors (Lipinski definition) is 1. The van der Waals surface area contributed by atoms with E-state index in [2.05, 4.69) is 4.74 Å². The fourth-order valence-corrected chi connectivity index (χ4v) is 0.876. The fraction of sp³-hybridized carbons (Fsp3) is 0.455. The van der Waals surface area contributed by atoms with Crippen LogP contribution in [0.2, 0.25) is 0 Å². The van der Waals surface area contributed by atoms with Crippen molar-refractivity contribution in [2.75, 3.05) is 12.8 Å². The molecule has 0 aromatic heterocycles. The average Bonchev–Trinajstić information content (AvgIpc) is 2.36. The number of ether oxygens (including phenoxy) is 1. The van der Waals surface area contributed by atoms with Crippen LogP contribution in [-0.4, -0.2) is 12.0 Å². The van der Waals surface area contributed by atoms with Gasteiger partial charge in [0, 0.05) is 12.1 Å². The number of methoxy groups -OCH3 is 1. The van der Waals surface area contributed by atoms with Crippen molar-refractivity contribution < 1.29 is 14.1 Å². The summed E-state index contributed by atoms with van der Waals surface area (Å²) >= 11 is 0. The monoisotopic (exact) mass is 246 g/mol. The van der Waals surface area contributed by atoms with Crippen molar-refractivity contribution in [3.05, 3.63) is 28.1 Å². The van der Waals surface area contributed by atoms with Gasteiger partial charge in [0.05, 0.1) is 17.7 Å². The van der Waals surface area contributed by atoms with E-state index in [1.165, 1.54) is 7.11 Å². The van der Waals surface area contributed by atoms with Gasteiger partial charge in [0.1, 0.15) is 5.75 Å². The predicted molar refractivity (Wildman–Crippen MR) is 66.7 cm³/mol. The van der Waals surface area contributed by atoms with Gasteiger partial charge in [0.15, 0.2) is 0 Å². The molecule has 0 fully saturated rings. The molecule has 0 unspecified atom stereocenters. The van der Waals surface area contributed by atoms with Crippen LogP contribution in [0.25, 0.3) is 0 Å². The van der Waals surface area contributed by atoms with Crippen LogP contribution in [-0.2, 0) is 0 Å². The van der Waals surface area contributed by atoms with Crippen molar-refractivity contribution in [3.63, 3.8) is 0 Å². The molecule has 5 nitrogen and oxygen atoms in total. The fourth-order valence-electron chi connectivity index (χ4n) is 0.876. The Morgan fingerprint density at radius 1 is 1.29 bits per heavy atom. The molecule has 0 bridgehead atoms. The largest absolute Gasteiger partial charge is 0.494 e. The number of hydrogen-bond acceptors (Lipinski definition) is 4.